The summed E-state index contributed by atoms with van der Waals surface area (Å²) in [6.45, 7) is 0. The maximum atomic E-state index is 11.7. The minimum absolute atomic E-state index is 0.406. The first-order valence-corrected chi connectivity index (χ1v) is 5.53. The Morgan fingerprint density at radius 2 is 2.47 bits per heavy atom. The van der Waals surface area contributed by atoms with Crippen molar-refractivity contribution in [2.75, 3.05) is 7.11 Å². The molecule has 1 aromatic heterocycles. The zero-order chi connectivity index (χ0) is 11.1. The molecule has 0 aromatic carbocycles. The highest BCUT2D eigenvalue weighted by Gasteiger charge is 2.42. The Hall–Kier alpha value is -0.810. The SMILES string of the molecule is COC(=O)C1(N)CCCc2oc(Br)cc21. The first-order valence-electron chi connectivity index (χ1n) is 4.74. The summed E-state index contributed by atoms with van der Waals surface area (Å²) in [7, 11) is 1.35. The number of halogens is 1. The summed E-state index contributed by atoms with van der Waals surface area (Å²) in [6.07, 6.45) is 2.24. The summed E-state index contributed by atoms with van der Waals surface area (Å²) >= 11 is 3.24. The maximum absolute atomic E-state index is 11.7. The van der Waals surface area contributed by atoms with Gasteiger partial charge in [0.1, 0.15) is 11.3 Å². The number of carbonyl (C=O) groups is 1. The molecule has 5 heteroatoms. The molecular weight excluding hydrogens is 262 g/mol. The van der Waals surface area contributed by atoms with E-state index in [2.05, 4.69) is 15.9 Å². The fraction of sp³-hybridized carbons (Fsp3) is 0.500. The van der Waals surface area contributed by atoms with Gasteiger partial charge in [-0.15, -0.1) is 0 Å². The molecule has 82 valence electrons. The Bertz CT molecular complexity index is 401. The summed E-state index contributed by atoms with van der Waals surface area (Å²) in [6, 6.07) is 1.76. The van der Waals surface area contributed by atoms with Crippen LogP contribution in [0.1, 0.15) is 24.2 Å². The van der Waals surface area contributed by atoms with Crippen molar-refractivity contribution in [3.63, 3.8) is 0 Å². The number of ether oxygens (including phenoxy) is 1. The molecule has 15 heavy (non-hydrogen) atoms. The Morgan fingerprint density at radius 1 is 1.73 bits per heavy atom. The van der Waals surface area contributed by atoms with E-state index >= 15 is 0 Å². The number of esters is 1. The van der Waals surface area contributed by atoms with Gasteiger partial charge in [-0.2, -0.15) is 0 Å². The highest BCUT2D eigenvalue weighted by atomic mass is 79.9. The molecule has 1 aliphatic rings. The smallest absolute Gasteiger partial charge is 0.330 e. The molecule has 1 atom stereocenters. The third-order valence-electron chi connectivity index (χ3n) is 2.78. The molecule has 0 fully saturated rings. The van der Waals surface area contributed by atoms with Crippen molar-refractivity contribution in [1.82, 2.24) is 0 Å². The molecule has 2 N–H and O–H groups in total. The van der Waals surface area contributed by atoms with Crippen LogP contribution < -0.4 is 5.73 Å². The molecule has 0 saturated heterocycles. The summed E-state index contributed by atoms with van der Waals surface area (Å²) in [5.41, 5.74) is 5.78. The average molecular weight is 274 g/mol. The van der Waals surface area contributed by atoms with Crippen LogP contribution in [0.25, 0.3) is 0 Å². The molecule has 4 nitrogen and oxygen atoms in total. The van der Waals surface area contributed by atoms with E-state index in [0.29, 0.717) is 11.1 Å². The quantitative estimate of drug-likeness (QED) is 0.792. The van der Waals surface area contributed by atoms with Crippen LogP contribution >= 0.6 is 15.9 Å². The molecule has 1 aromatic rings. The van der Waals surface area contributed by atoms with Crippen molar-refractivity contribution in [3.05, 3.63) is 22.1 Å². The number of rotatable bonds is 1. The average Bonchev–Trinajstić information content (AvgIpc) is 2.59. The van der Waals surface area contributed by atoms with Gasteiger partial charge in [0.2, 0.25) is 0 Å². The van der Waals surface area contributed by atoms with Gasteiger partial charge in [-0.25, -0.2) is 4.79 Å². The highest BCUT2D eigenvalue weighted by Crippen LogP contribution is 2.37. The van der Waals surface area contributed by atoms with E-state index in [9.17, 15) is 4.79 Å². The summed E-state index contributed by atoms with van der Waals surface area (Å²) in [5, 5.41) is 0. The molecule has 1 unspecified atom stereocenters. The normalized spacial score (nSPS) is 24.7. The van der Waals surface area contributed by atoms with Crippen LogP contribution in [-0.2, 0) is 21.5 Å². The number of methoxy groups -OCH3 is 1. The zero-order valence-corrected chi connectivity index (χ0v) is 9.96. The number of hydrogen-bond acceptors (Lipinski definition) is 4. The van der Waals surface area contributed by atoms with Gasteiger partial charge in [0.25, 0.3) is 0 Å². The summed E-state index contributed by atoms with van der Waals surface area (Å²) < 4.78 is 10.8. The van der Waals surface area contributed by atoms with Crippen molar-refractivity contribution in [1.29, 1.82) is 0 Å². The third-order valence-corrected chi connectivity index (χ3v) is 3.17. The number of fused-ring (bicyclic) bond motifs is 1. The largest absolute Gasteiger partial charge is 0.467 e. The number of nitrogens with two attached hydrogens (primary N) is 1. The van der Waals surface area contributed by atoms with Crippen LogP contribution in [0.4, 0.5) is 0 Å². The standard InChI is InChI=1S/C10H12BrNO3/c1-14-9(13)10(12)4-2-3-7-6(10)5-8(11)15-7/h5H,2-4,12H2,1H3. The van der Waals surface area contributed by atoms with E-state index < -0.39 is 11.5 Å². The van der Waals surface area contributed by atoms with Crippen LogP contribution in [-0.4, -0.2) is 13.1 Å². The van der Waals surface area contributed by atoms with Crippen molar-refractivity contribution in [2.45, 2.75) is 24.8 Å². The van der Waals surface area contributed by atoms with Crippen molar-refractivity contribution >= 4 is 21.9 Å². The lowest BCUT2D eigenvalue weighted by atomic mass is 9.81. The molecule has 2 rings (SSSR count). The second-order valence-electron chi connectivity index (χ2n) is 3.70. The molecule has 1 aliphatic carbocycles. The predicted octanol–water partition coefficient (Wildman–Crippen LogP) is 1.71. The van der Waals surface area contributed by atoms with Crippen LogP contribution in [0.5, 0.6) is 0 Å². The van der Waals surface area contributed by atoms with Crippen LogP contribution in [0.2, 0.25) is 0 Å². The highest BCUT2D eigenvalue weighted by molar-refractivity contribution is 9.10. The first kappa shape index (κ1) is 10.7. The van der Waals surface area contributed by atoms with E-state index in [1.54, 1.807) is 6.07 Å². The Kier molecular flexibility index (Phi) is 2.60. The van der Waals surface area contributed by atoms with E-state index in [1.165, 1.54) is 7.11 Å². The minimum Gasteiger partial charge on any atom is -0.467 e. The Balaban J connectivity index is 2.48. The number of carbonyl (C=O) groups excluding carboxylic acids is 1. The minimum atomic E-state index is -1.04. The molecule has 0 spiro atoms. The molecule has 0 radical (unpaired) electrons. The lowest BCUT2D eigenvalue weighted by Gasteiger charge is -2.29. The molecule has 0 aliphatic heterocycles. The predicted molar refractivity (Wildman–Crippen MR) is 57.2 cm³/mol. The summed E-state index contributed by atoms with van der Waals surface area (Å²) in [4.78, 5) is 11.7. The first-order chi connectivity index (χ1) is 7.08. The van der Waals surface area contributed by atoms with E-state index in [4.69, 9.17) is 14.9 Å². The van der Waals surface area contributed by atoms with Crippen molar-refractivity contribution in [3.8, 4) is 0 Å². The van der Waals surface area contributed by atoms with Crippen LogP contribution in [0.15, 0.2) is 15.2 Å². The van der Waals surface area contributed by atoms with Gasteiger partial charge in [-0.3, -0.25) is 0 Å². The van der Waals surface area contributed by atoms with Gasteiger partial charge < -0.3 is 14.9 Å². The molecule has 0 bridgehead atoms. The Morgan fingerprint density at radius 3 is 3.13 bits per heavy atom. The number of hydrogen-bond donors (Lipinski definition) is 1. The molecule has 0 saturated carbocycles. The number of furan rings is 1. The van der Waals surface area contributed by atoms with Gasteiger partial charge in [-0.1, -0.05) is 0 Å². The van der Waals surface area contributed by atoms with E-state index in [1.807, 2.05) is 0 Å². The molecular formula is C10H12BrNO3. The fourth-order valence-corrected chi connectivity index (χ4v) is 2.44. The fourth-order valence-electron chi connectivity index (χ4n) is 2.02. The lowest BCUT2D eigenvalue weighted by molar-refractivity contribution is -0.148. The second-order valence-corrected chi connectivity index (χ2v) is 4.49. The van der Waals surface area contributed by atoms with E-state index in [0.717, 1.165) is 24.2 Å². The Labute approximate surface area is 95.9 Å². The topological polar surface area (TPSA) is 65.5 Å². The van der Waals surface area contributed by atoms with Gasteiger partial charge in [0.15, 0.2) is 4.67 Å². The van der Waals surface area contributed by atoms with Crippen LogP contribution in [0.3, 0.4) is 0 Å². The third kappa shape index (κ3) is 1.59. The van der Waals surface area contributed by atoms with Gasteiger partial charge in [-0.05, 0) is 34.8 Å². The molecule has 0 amide bonds. The molecule has 1 heterocycles. The van der Waals surface area contributed by atoms with Gasteiger partial charge in [0.05, 0.1) is 7.11 Å². The second kappa shape index (κ2) is 3.64. The van der Waals surface area contributed by atoms with Gasteiger partial charge in [0, 0.05) is 12.0 Å². The van der Waals surface area contributed by atoms with Gasteiger partial charge >= 0.3 is 5.97 Å². The van der Waals surface area contributed by atoms with Crippen LogP contribution in [0, 0.1) is 0 Å². The van der Waals surface area contributed by atoms with E-state index in [-0.39, 0.29) is 0 Å². The summed E-state index contributed by atoms with van der Waals surface area (Å²) in [5.74, 6) is 0.373. The lowest BCUT2D eigenvalue weighted by Crippen LogP contribution is -2.47. The van der Waals surface area contributed by atoms with Crippen molar-refractivity contribution in [2.24, 2.45) is 5.73 Å². The number of aryl methyl sites for hydroxylation is 1. The van der Waals surface area contributed by atoms with Crippen molar-refractivity contribution < 1.29 is 13.9 Å². The zero-order valence-electron chi connectivity index (χ0n) is 8.38. The monoisotopic (exact) mass is 273 g/mol. The maximum Gasteiger partial charge on any atom is 0.330 e.